The molecule has 2 aliphatic heterocycles. The van der Waals surface area contributed by atoms with Crippen molar-refractivity contribution in [2.45, 2.75) is 32.9 Å². The summed E-state index contributed by atoms with van der Waals surface area (Å²) in [7, 11) is 5.06. The Kier molecular flexibility index (Phi) is 6.14. The molecule has 5 rings (SSSR count). The van der Waals surface area contributed by atoms with Crippen LogP contribution in [0.5, 0.6) is 11.5 Å². The van der Waals surface area contributed by atoms with Gasteiger partial charge in [0, 0.05) is 69.3 Å². The topological polar surface area (TPSA) is 86.1 Å². The third-order valence-corrected chi connectivity index (χ3v) is 7.11. The Morgan fingerprint density at radius 1 is 1.05 bits per heavy atom. The van der Waals surface area contributed by atoms with Crippen LogP contribution in [-0.4, -0.2) is 71.4 Å². The van der Waals surface area contributed by atoms with Gasteiger partial charge in [0.05, 0.1) is 25.2 Å². The molecule has 2 fully saturated rings. The molecular weight excluding hydrogens is 472 g/mol. The number of aryl methyl sites for hydroxylation is 1. The molecule has 4 heterocycles. The molecule has 9 heteroatoms. The molecule has 196 valence electrons. The van der Waals surface area contributed by atoms with E-state index in [0.29, 0.717) is 11.9 Å². The predicted molar refractivity (Wildman–Crippen MR) is 141 cm³/mol. The molecule has 0 aliphatic carbocycles. The van der Waals surface area contributed by atoms with Crippen molar-refractivity contribution in [2.75, 3.05) is 40.4 Å². The van der Waals surface area contributed by atoms with Gasteiger partial charge in [0.1, 0.15) is 17.1 Å². The van der Waals surface area contributed by atoms with E-state index in [1.165, 1.54) is 0 Å². The van der Waals surface area contributed by atoms with Crippen LogP contribution in [0, 0.1) is 5.41 Å². The van der Waals surface area contributed by atoms with Gasteiger partial charge in [-0.1, -0.05) is 0 Å². The van der Waals surface area contributed by atoms with Crippen LogP contribution in [0.1, 0.15) is 26.3 Å². The Morgan fingerprint density at radius 2 is 1.70 bits per heavy atom. The normalized spacial score (nSPS) is 16.9. The van der Waals surface area contributed by atoms with Crippen LogP contribution in [0.3, 0.4) is 0 Å². The maximum Gasteiger partial charge on any atom is 0.410 e. The Balaban J connectivity index is 1.35. The van der Waals surface area contributed by atoms with Gasteiger partial charge < -0.3 is 23.7 Å². The van der Waals surface area contributed by atoms with E-state index in [4.69, 9.17) is 14.2 Å². The third-order valence-electron chi connectivity index (χ3n) is 7.11. The Bertz CT molecular complexity index is 1390. The molecule has 0 radical (unpaired) electrons. The second kappa shape index (κ2) is 9.06. The van der Waals surface area contributed by atoms with Crippen LogP contribution >= 0.6 is 0 Å². The molecule has 0 saturated carbocycles. The van der Waals surface area contributed by atoms with Crippen molar-refractivity contribution in [2.24, 2.45) is 12.5 Å². The maximum absolute atomic E-state index is 12.6. The number of ether oxygens (including phenoxy) is 3. The fraction of sp³-hybridized carbons (Fsp3) is 0.464. The zero-order valence-electron chi connectivity index (χ0n) is 22.3. The number of methoxy groups -OCH3 is 2. The number of carbonyl (C=O) groups excluding carboxylic acids is 1. The summed E-state index contributed by atoms with van der Waals surface area (Å²) in [6, 6.07) is 5.86. The van der Waals surface area contributed by atoms with Gasteiger partial charge in [0.2, 0.25) is 0 Å². The van der Waals surface area contributed by atoms with Crippen molar-refractivity contribution in [3.63, 3.8) is 0 Å². The average molecular weight is 507 g/mol. The molecule has 9 nitrogen and oxygen atoms in total. The van der Waals surface area contributed by atoms with Crippen molar-refractivity contribution < 1.29 is 19.0 Å². The van der Waals surface area contributed by atoms with Gasteiger partial charge in [-0.2, -0.15) is 0 Å². The van der Waals surface area contributed by atoms with Crippen molar-refractivity contribution in [3.8, 4) is 22.6 Å². The monoisotopic (exact) mass is 506 g/mol. The van der Waals surface area contributed by atoms with Gasteiger partial charge >= 0.3 is 6.09 Å². The summed E-state index contributed by atoms with van der Waals surface area (Å²) in [5.41, 5.74) is 2.35. The van der Waals surface area contributed by atoms with Crippen molar-refractivity contribution in [1.82, 2.24) is 19.4 Å². The molecule has 0 bridgehead atoms. The minimum absolute atomic E-state index is 0.0876. The predicted octanol–water partition coefficient (Wildman–Crippen LogP) is 3.67. The van der Waals surface area contributed by atoms with E-state index in [1.54, 1.807) is 43.1 Å². The number of fused-ring (bicyclic) bond motifs is 1. The first-order chi connectivity index (χ1) is 17.5. The van der Waals surface area contributed by atoms with E-state index < -0.39 is 5.60 Å². The lowest BCUT2D eigenvalue weighted by Gasteiger charge is -2.60. The molecule has 1 aromatic carbocycles. The lowest BCUT2D eigenvalue weighted by atomic mass is 9.73. The molecule has 2 aromatic heterocycles. The summed E-state index contributed by atoms with van der Waals surface area (Å²) in [4.78, 5) is 33.2. The highest BCUT2D eigenvalue weighted by atomic mass is 16.6. The fourth-order valence-electron chi connectivity index (χ4n) is 5.49. The molecule has 2 aliphatic rings. The van der Waals surface area contributed by atoms with Gasteiger partial charge in [0.15, 0.2) is 0 Å². The van der Waals surface area contributed by atoms with Gasteiger partial charge in [-0.3, -0.25) is 14.7 Å². The molecule has 0 unspecified atom stereocenters. The molecule has 1 spiro atoms. The molecule has 3 aromatic rings. The lowest BCUT2D eigenvalue weighted by molar-refractivity contribution is -0.115. The van der Waals surface area contributed by atoms with Crippen LogP contribution in [0.4, 0.5) is 4.79 Å². The SMILES string of the molecule is COc1cc(-c2cn(C)c(=O)c3cnccc23)cc(OC)c1CN1CC2(C1)CN(C(=O)OC(C)(C)C)C2. The minimum Gasteiger partial charge on any atom is -0.496 e. The van der Waals surface area contributed by atoms with Gasteiger partial charge in [0.25, 0.3) is 5.56 Å². The highest BCUT2D eigenvalue weighted by Crippen LogP contribution is 2.43. The van der Waals surface area contributed by atoms with E-state index >= 15 is 0 Å². The quantitative estimate of drug-likeness (QED) is 0.522. The number of nitrogens with zero attached hydrogens (tertiary/aromatic N) is 4. The molecule has 2 saturated heterocycles. The van der Waals surface area contributed by atoms with E-state index in [2.05, 4.69) is 9.88 Å². The Morgan fingerprint density at radius 3 is 2.30 bits per heavy atom. The van der Waals surface area contributed by atoms with Crippen LogP contribution in [0.2, 0.25) is 0 Å². The highest BCUT2D eigenvalue weighted by molar-refractivity contribution is 5.95. The first-order valence-electron chi connectivity index (χ1n) is 12.4. The Labute approximate surface area is 216 Å². The summed E-state index contributed by atoms with van der Waals surface area (Å²) in [6.45, 7) is 9.58. The smallest absolute Gasteiger partial charge is 0.410 e. The second-order valence-electron chi connectivity index (χ2n) is 11.2. The molecule has 0 N–H and O–H groups in total. The van der Waals surface area contributed by atoms with Gasteiger partial charge in [-0.15, -0.1) is 0 Å². The number of hydrogen-bond acceptors (Lipinski definition) is 7. The van der Waals surface area contributed by atoms with Crippen LogP contribution in [-0.2, 0) is 18.3 Å². The van der Waals surface area contributed by atoms with E-state index in [1.807, 2.05) is 45.2 Å². The maximum atomic E-state index is 12.6. The largest absolute Gasteiger partial charge is 0.496 e. The average Bonchev–Trinajstić information content (AvgIpc) is 2.80. The standard InChI is InChI=1S/C28H34N4O5/c1-27(2,3)37-26(34)32-16-28(17-32)14-31(15-28)13-22-23(35-5)9-18(10-24(22)36-6)21-12-30(4)25(33)20-11-29-8-7-19(20)21/h7-12H,13-17H2,1-6H3. The first-order valence-corrected chi connectivity index (χ1v) is 12.4. The van der Waals surface area contributed by atoms with Gasteiger partial charge in [-0.05, 0) is 49.9 Å². The second-order valence-corrected chi connectivity index (χ2v) is 11.2. The molecule has 37 heavy (non-hydrogen) atoms. The van der Waals surface area contributed by atoms with Crippen LogP contribution in [0.25, 0.3) is 21.9 Å². The van der Waals surface area contributed by atoms with Crippen LogP contribution < -0.4 is 15.0 Å². The third kappa shape index (κ3) is 4.64. The zero-order valence-corrected chi connectivity index (χ0v) is 22.3. The highest BCUT2D eigenvalue weighted by Gasteiger charge is 2.53. The van der Waals surface area contributed by atoms with E-state index in [9.17, 15) is 9.59 Å². The van der Waals surface area contributed by atoms with Crippen molar-refractivity contribution in [1.29, 1.82) is 0 Å². The van der Waals surface area contributed by atoms with Gasteiger partial charge in [-0.25, -0.2) is 4.79 Å². The molecular formula is C28H34N4O5. The number of benzene rings is 1. The number of aromatic nitrogens is 2. The van der Waals surface area contributed by atoms with Crippen molar-refractivity contribution >= 4 is 16.9 Å². The van der Waals surface area contributed by atoms with Crippen molar-refractivity contribution in [3.05, 3.63) is 52.7 Å². The first kappa shape index (κ1) is 25.1. The summed E-state index contributed by atoms with van der Waals surface area (Å²) in [5, 5.41) is 1.40. The number of hydrogen-bond donors (Lipinski definition) is 0. The van der Waals surface area contributed by atoms with Crippen LogP contribution in [0.15, 0.2) is 41.6 Å². The summed E-state index contributed by atoms with van der Waals surface area (Å²) >= 11 is 0. The van der Waals surface area contributed by atoms with E-state index in [0.717, 1.165) is 59.8 Å². The number of pyridine rings is 2. The number of amides is 1. The number of rotatable bonds is 5. The molecule has 0 atom stereocenters. The lowest BCUT2D eigenvalue weighted by Crippen LogP contribution is -2.72. The molecule has 1 amide bonds. The summed E-state index contributed by atoms with van der Waals surface area (Å²) in [6.07, 6.45) is 4.90. The zero-order chi connectivity index (χ0) is 26.5. The van der Waals surface area contributed by atoms with E-state index in [-0.39, 0.29) is 17.1 Å². The minimum atomic E-state index is -0.484. The summed E-state index contributed by atoms with van der Waals surface area (Å²) < 4.78 is 18.7. The fourth-order valence-corrected chi connectivity index (χ4v) is 5.49. The number of likely N-dealkylation sites (tertiary alicyclic amines) is 2. The Hall–Kier alpha value is -3.59. The summed E-state index contributed by atoms with van der Waals surface area (Å²) in [5.74, 6) is 1.46. The number of carbonyl (C=O) groups is 1.